The highest BCUT2D eigenvalue weighted by Crippen LogP contribution is 2.52. The molecule has 2 unspecified atom stereocenters. The predicted molar refractivity (Wildman–Crippen MR) is 110 cm³/mol. The van der Waals surface area contributed by atoms with E-state index in [1.165, 1.54) is 0 Å². The molecule has 1 N–H and O–H groups in total. The van der Waals surface area contributed by atoms with Gasteiger partial charge in [-0.25, -0.2) is 0 Å². The summed E-state index contributed by atoms with van der Waals surface area (Å²) in [5, 5.41) is 2.92. The van der Waals surface area contributed by atoms with E-state index in [4.69, 9.17) is 14.2 Å². The molecule has 6 nitrogen and oxygen atoms in total. The van der Waals surface area contributed by atoms with Crippen LogP contribution in [0.5, 0.6) is 11.5 Å². The zero-order chi connectivity index (χ0) is 20.7. The van der Waals surface area contributed by atoms with Crippen molar-refractivity contribution >= 4 is 17.6 Å². The Morgan fingerprint density at radius 1 is 1.07 bits per heavy atom. The van der Waals surface area contributed by atoms with Crippen LogP contribution < -0.4 is 14.8 Å². The molecule has 2 fully saturated rings. The number of nitrogens with one attached hydrogen (secondary N) is 1. The number of esters is 1. The number of hydrogen-bond donors (Lipinski definition) is 1. The molecular weight excluding hydrogens is 382 g/mol. The van der Waals surface area contributed by atoms with Gasteiger partial charge in [-0.1, -0.05) is 30.4 Å². The number of ether oxygens (including phenoxy) is 3. The molecule has 154 valence electrons. The van der Waals surface area contributed by atoms with Gasteiger partial charge in [-0.05, 0) is 54.7 Å². The quantitative estimate of drug-likeness (QED) is 0.607. The number of allylic oxidation sites excluding steroid dienone is 1. The maximum atomic E-state index is 12.4. The van der Waals surface area contributed by atoms with E-state index in [9.17, 15) is 9.59 Å². The van der Waals surface area contributed by atoms with Crippen molar-refractivity contribution in [2.45, 2.75) is 25.7 Å². The summed E-state index contributed by atoms with van der Waals surface area (Å²) in [7, 11) is 0. The zero-order valence-corrected chi connectivity index (χ0v) is 16.6. The van der Waals surface area contributed by atoms with E-state index in [2.05, 4.69) is 11.9 Å². The topological polar surface area (TPSA) is 73.9 Å². The minimum atomic E-state index is -0.471. The van der Waals surface area contributed by atoms with Crippen molar-refractivity contribution in [1.82, 2.24) is 0 Å². The second-order valence-electron chi connectivity index (χ2n) is 8.37. The normalized spacial score (nSPS) is 23.9. The summed E-state index contributed by atoms with van der Waals surface area (Å²) < 4.78 is 16.0. The van der Waals surface area contributed by atoms with Crippen molar-refractivity contribution < 1.29 is 23.8 Å². The molecule has 6 heteroatoms. The zero-order valence-electron chi connectivity index (χ0n) is 16.6. The summed E-state index contributed by atoms with van der Waals surface area (Å²) in [5.74, 6) is 1.38. The highest BCUT2D eigenvalue weighted by Gasteiger charge is 2.55. The number of carbonyl (C=O) groups is 2. The number of amides is 1. The summed E-state index contributed by atoms with van der Waals surface area (Å²) in [4.78, 5) is 24.9. The van der Waals surface area contributed by atoms with Crippen molar-refractivity contribution in [2.24, 2.45) is 11.3 Å². The summed E-state index contributed by atoms with van der Waals surface area (Å²) in [5.41, 5.74) is 3.30. The van der Waals surface area contributed by atoms with E-state index in [1.807, 2.05) is 42.5 Å². The van der Waals surface area contributed by atoms with Crippen molar-refractivity contribution in [2.75, 3.05) is 18.7 Å². The molecule has 2 heterocycles. The first-order valence-electron chi connectivity index (χ1n) is 10.1. The van der Waals surface area contributed by atoms with Crippen molar-refractivity contribution in [3.05, 3.63) is 65.7 Å². The molecule has 1 saturated carbocycles. The summed E-state index contributed by atoms with van der Waals surface area (Å²) in [6, 6.07) is 13.2. The third-order valence-electron chi connectivity index (χ3n) is 6.26. The lowest BCUT2D eigenvalue weighted by atomic mass is 9.75. The third kappa shape index (κ3) is 3.32. The summed E-state index contributed by atoms with van der Waals surface area (Å²) in [6.07, 6.45) is 2.45. The Balaban J connectivity index is 1.23. The van der Waals surface area contributed by atoms with Crippen LogP contribution in [0.1, 0.15) is 24.0 Å². The highest BCUT2D eigenvalue weighted by atomic mass is 16.7. The molecule has 2 atom stereocenters. The lowest BCUT2D eigenvalue weighted by Crippen LogP contribution is -2.31. The Hall–Kier alpha value is -3.28. The van der Waals surface area contributed by atoms with Gasteiger partial charge in [0.25, 0.3) is 0 Å². The predicted octanol–water partition coefficient (Wildman–Crippen LogP) is 3.65. The summed E-state index contributed by atoms with van der Waals surface area (Å²) >= 11 is 0. The molecule has 0 aromatic heterocycles. The van der Waals surface area contributed by atoms with Gasteiger partial charge in [-0.15, -0.1) is 0 Å². The molecule has 0 spiro atoms. The SMILES string of the molecule is C=C1CC2COC(=O)C2(Cc2ccc(NC(=O)Cc3ccc4c(c3)OCO4)cc2)C1. The molecule has 2 aliphatic heterocycles. The van der Waals surface area contributed by atoms with Crippen LogP contribution >= 0.6 is 0 Å². The van der Waals surface area contributed by atoms with Gasteiger partial charge in [-0.2, -0.15) is 0 Å². The van der Waals surface area contributed by atoms with Crippen molar-refractivity contribution in [3.63, 3.8) is 0 Å². The lowest BCUT2D eigenvalue weighted by molar-refractivity contribution is -0.146. The molecule has 0 radical (unpaired) electrons. The smallest absolute Gasteiger partial charge is 0.313 e. The van der Waals surface area contributed by atoms with Gasteiger partial charge >= 0.3 is 5.97 Å². The van der Waals surface area contributed by atoms with Gasteiger partial charge in [0.15, 0.2) is 11.5 Å². The van der Waals surface area contributed by atoms with Crippen LogP contribution in [-0.4, -0.2) is 25.3 Å². The lowest BCUT2D eigenvalue weighted by Gasteiger charge is -2.24. The maximum absolute atomic E-state index is 12.4. The van der Waals surface area contributed by atoms with Gasteiger partial charge in [0.05, 0.1) is 18.4 Å². The molecule has 1 saturated heterocycles. The molecule has 1 aliphatic carbocycles. The van der Waals surface area contributed by atoms with Gasteiger partial charge in [-0.3, -0.25) is 9.59 Å². The highest BCUT2D eigenvalue weighted by molar-refractivity contribution is 5.92. The molecule has 2 aromatic rings. The number of cyclic esters (lactones) is 1. The Labute approximate surface area is 174 Å². The molecule has 2 aromatic carbocycles. The Bertz CT molecular complexity index is 1030. The Morgan fingerprint density at radius 3 is 2.67 bits per heavy atom. The van der Waals surface area contributed by atoms with Crippen LogP contribution in [0.4, 0.5) is 5.69 Å². The van der Waals surface area contributed by atoms with E-state index < -0.39 is 5.41 Å². The minimum Gasteiger partial charge on any atom is -0.465 e. The molecule has 3 aliphatic rings. The van der Waals surface area contributed by atoms with Gasteiger partial charge in [0, 0.05) is 11.6 Å². The third-order valence-corrected chi connectivity index (χ3v) is 6.26. The second kappa shape index (κ2) is 7.20. The van der Waals surface area contributed by atoms with Crippen LogP contribution in [0.3, 0.4) is 0 Å². The number of rotatable bonds is 5. The molecule has 30 heavy (non-hydrogen) atoms. The standard InChI is InChI=1S/C24H23NO5/c1-15-8-18-13-28-23(27)24(18,11-15)12-16-2-5-19(6-3-16)25-22(26)10-17-4-7-20-21(9-17)30-14-29-20/h2-7,9,18H,1,8,10-14H2,(H,25,26). The number of fused-ring (bicyclic) bond motifs is 2. The fraction of sp³-hybridized carbons (Fsp3) is 0.333. The van der Waals surface area contributed by atoms with E-state index >= 15 is 0 Å². The fourth-order valence-electron chi connectivity index (χ4n) is 4.77. The van der Waals surface area contributed by atoms with Crippen molar-refractivity contribution in [1.29, 1.82) is 0 Å². The first-order valence-corrected chi connectivity index (χ1v) is 10.1. The summed E-state index contributed by atoms with van der Waals surface area (Å²) in [6.45, 7) is 4.79. The minimum absolute atomic E-state index is 0.104. The average Bonchev–Trinajstić information content (AvgIpc) is 3.38. The molecular formula is C24H23NO5. The fourth-order valence-corrected chi connectivity index (χ4v) is 4.77. The van der Waals surface area contributed by atoms with Crippen LogP contribution in [0.2, 0.25) is 0 Å². The van der Waals surface area contributed by atoms with Crippen LogP contribution in [0, 0.1) is 11.3 Å². The Morgan fingerprint density at radius 2 is 1.83 bits per heavy atom. The average molecular weight is 405 g/mol. The first-order chi connectivity index (χ1) is 14.5. The van der Waals surface area contributed by atoms with Gasteiger partial charge < -0.3 is 19.5 Å². The van der Waals surface area contributed by atoms with E-state index in [-0.39, 0.29) is 31.0 Å². The Kier molecular flexibility index (Phi) is 4.50. The monoisotopic (exact) mass is 405 g/mol. The van der Waals surface area contributed by atoms with Crippen LogP contribution in [-0.2, 0) is 27.2 Å². The molecule has 1 amide bonds. The number of anilines is 1. The number of benzene rings is 2. The van der Waals surface area contributed by atoms with Crippen molar-refractivity contribution in [3.8, 4) is 11.5 Å². The second-order valence-corrected chi connectivity index (χ2v) is 8.37. The maximum Gasteiger partial charge on any atom is 0.313 e. The number of carbonyl (C=O) groups excluding carboxylic acids is 2. The van der Waals surface area contributed by atoms with E-state index in [0.29, 0.717) is 30.9 Å². The van der Waals surface area contributed by atoms with E-state index in [0.717, 1.165) is 28.8 Å². The van der Waals surface area contributed by atoms with Gasteiger partial charge in [0.2, 0.25) is 12.7 Å². The number of hydrogen-bond acceptors (Lipinski definition) is 5. The molecule has 0 bridgehead atoms. The van der Waals surface area contributed by atoms with Crippen LogP contribution in [0.25, 0.3) is 0 Å². The van der Waals surface area contributed by atoms with Crippen LogP contribution in [0.15, 0.2) is 54.6 Å². The molecule has 5 rings (SSSR count). The largest absolute Gasteiger partial charge is 0.465 e. The van der Waals surface area contributed by atoms with Gasteiger partial charge in [0.1, 0.15) is 0 Å². The van der Waals surface area contributed by atoms with E-state index in [1.54, 1.807) is 0 Å². The first kappa shape index (κ1) is 18.7.